The molecule has 140 valence electrons. The zero-order chi connectivity index (χ0) is 17.9. The molecule has 4 nitrogen and oxygen atoms in total. The van der Waals surface area contributed by atoms with Crippen LogP contribution in [0.5, 0.6) is 0 Å². The lowest BCUT2D eigenvalue weighted by molar-refractivity contribution is -0.131. The van der Waals surface area contributed by atoms with Gasteiger partial charge in [-0.25, -0.2) is 0 Å². The summed E-state index contributed by atoms with van der Waals surface area (Å²) in [5, 5.41) is 3.12. The SMILES string of the molecule is C[C@@H](Cc1ccccc1)N(C)CCCCCCCN1CCNCC1=O. The summed E-state index contributed by atoms with van der Waals surface area (Å²) in [5.74, 6) is 0.264. The van der Waals surface area contributed by atoms with Crippen molar-refractivity contribution in [2.75, 3.05) is 39.8 Å². The minimum Gasteiger partial charge on any atom is -0.340 e. The smallest absolute Gasteiger partial charge is 0.236 e. The zero-order valence-electron chi connectivity index (χ0n) is 16.0. The fraction of sp³-hybridized carbons (Fsp3) is 0.667. The summed E-state index contributed by atoms with van der Waals surface area (Å²) in [6.07, 6.45) is 7.34. The van der Waals surface area contributed by atoms with Crippen LogP contribution in [0.1, 0.15) is 44.6 Å². The first-order chi connectivity index (χ1) is 12.2. The van der Waals surface area contributed by atoms with Gasteiger partial charge in [0.15, 0.2) is 0 Å². The van der Waals surface area contributed by atoms with E-state index in [1.807, 2.05) is 4.90 Å². The van der Waals surface area contributed by atoms with Crippen LogP contribution >= 0.6 is 0 Å². The van der Waals surface area contributed by atoms with Crippen molar-refractivity contribution in [1.82, 2.24) is 15.1 Å². The molecule has 0 radical (unpaired) electrons. The van der Waals surface area contributed by atoms with Crippen molar-refractivity contribution in [2.24, 2.45) is 0 Å². The number of hydrogen-bond donors (Lipinski definition) is 1. The maximum absolute atomic E-state index is 11.7. The van der Waals surface area contributed by atoms with E-state index in [1.54, 1.807) is 0 Å². The predicted molar refractivity (Wildman–Crippen MR) is 105 cm³/mol. The molecule has 4 heteroatoms. The second-order valence-electron chi connectivity index (χ2n) is 7.34. The number of unbranched alkanes of at least 4 members (excludes halogenated alkanes) is 4. The second kappa shape index (κ2) is 11.3. The first-order valence-corrected chi connectivity index (χ1v) is 9.89. The molecule has 1 aliphatic rings. The minimum absolute atomic E-state index is 0.264. The lowest BCUT2D eigenvalue weighted by Gasteiger charge is -2.27. The summed E-state index contributed by atoms with van der Waals surface area (Å²) in [4.78, 5) is 16.2. The van der Waals surface area contributed by atoms with Crippen LogP contribution in [0.25, 0.3) is 0 Å². The highest BCUT2D eigenvalue weighted by Gasteiger charge is 2.16. The number of carbonyl (C=O) groups excluding carboxylic acids is 1. The molecular formula is C21H35N3O. The van der Waals surface area contributed by atoms with E-state index in [2.05, 4.69) is 54.5 Å². The van der Waals surface area contributed by atoms with Gasteiger partial charge in [-0.3, -0.25) is 4.79 Å². The molecule has 1 saturated heterocycles. The molecule has 25 heavy (non-hydrogen) atoms. The summed E-state index contributed by atoms with van der Waals surface area (Å²) in [7, 11) is 2.24. The summed E-state index contributed by atoms with van der Waals surface area (Å²) in [6, 6.07) is 11.3. The number of carbonyl (C=O) groups is 1. The topological polar surface area (TPSA) is 35.6 Å². The second-order valence-corrected chi connectivity index (χ2v) is 7.34. The van der Waals surface area contributed by atoms with Crippen LogP contribution in [-0.4, -0.2) is 61.5 Å². The van der Waals surface area contributed by atoms with E-state index >= 15 is 0 Å². The van der Waals surface area contributed by atoms with Gasteiger partial charge < -0.3 is 15.1 Å². The molecule has 0 spiro atoms. The van der Waals surface area contributed by atoms with E-state index < -0.39 is 0 Å². The predicted octanol–water partition coefficient (Wildman–Crippen LogP) is 2.93. The van der Waals surface area contributed by atoms with Crippen LogP contribution in [0.2, 0.25) is 0 Å². The molecule has 1 fully saturated rings. The molecular weight excluding hydrogens is 310 g/mol. The highest BCUT2D eigenvalue weighted by atomic mass is 16.2. The number of piperazine rings is 1. The third-order valence-electron chi connectivity index (χ3n) is 5.25. The fourth-order valence-electron chi connectivity index (χ4n) is 3.41. The van der Waals surface area contributed by atoms with Crippen LogP contribution in [0, 0.1) is 0 Å². The number of amides is 1. The van der Waals surface area contributed by atoms with Crippen LogP contribution in [-0.2, 0) is 11.2 Å². The Hall–Kier alpha value is -1.39. The van der Waals surface area contributed by atoms with E-state index in [0.29, 0.717) is 12.6 Å². The highest BCUT2D eigenvalue weighted by Crippen LogP contribution is 2.10. The van der Waals surface area contributed by atoms with Gasteiger partial charge in [-0.15, -0.1) is 0 Å². The molecule has 1 aromatic rings. The van der Waals surface area contributed by atoms with Crippen molar-refractivity contribution < 1.29 is 4.79 Å². The quantitative estimate of drug-likeness (QED) is 0.626. The van der Waals surface area contributed by atoms with Crippen molar-refractivity contribution in [2.45, 2.75) is 51.5 Å². The minimum atomic E-state index is 0.264. The number of rotatable bonds is 11. The van der Waals surface area contributed by atoms with Crippen molar-refractivity contribution in [3.05, 3.63) is 35.9 Å². The maximum Gasteiger partial charge on any atom is 0.236 e. The lowest BCUT2D eigenvalue weighted by atomic mass is 10.1. The Labute approximate surface area is 153 Å². The maximum atomic E-state index is 11.7. The van der Waals surface area contributed by atoms with Gasteiger partial charge >= 0.3 is 0 Å². The van der Waals surface area contributed by atoms with Crippen molar-refractivity contribution in [1.29, 1.82) is 0 Å². The zero-order valence-corrected chi connectivity index (χ0v) is 16.0. The van der Waals surface area contributed by atoms with E-state index in [1.165, 1.54) is 37.8 Å². The fourth-order valence-corrected chi connectivity index (χ4v) is 3.41. The first-order valence-electron chi connectivity index (χ1n) is 9.89. The van der Waals surface area contributed by atoms with Gasteiger partial charge in [-0.05, 0) is 45.3 Å². The molecule has 1 aromatic carbocycles. The van der Waals surface area contributed by atoms with Gasteiger partial charge in [-0.2, -0.15) is 0 Å². The van der Waals surface area contributed by atoms with Gasteiger partial charge in [0.25, 0.3) is 0 Å². The third-order valence-corrected chi connectivity index (χ3v) is 5.25. The molecule has 1 N–H and O–H groups in total. The molecule has 1 amide bonds. The largest absolute Gasteiger partial charge is 0.340 e. The van der Waals surface area contributed by atoms with Crippen LogP contribution in [0.4, 0.5) is 0 Å². The summed E-state index contributed by atoms with van der Waals surface area (Å²) >= 11 is 0. The Balaban J connectivity index is 1.48. The Morgan fingerprint density at radius 3 is 2.60 bits per heavy atom. The molecule has 0 aliphatic carbocycles. The Kier molecular flexibility index (Phi) is 8.98. The molecule has 0 unspecified atom stereocenters. The van der Waals surface area contributed by atoms with Crippen LogP contribution in [0.15, 0.2) is 30.3 Å². The summed E-state index contributed by atoms with van der Waals surface area (Å²) in [6.45, 7) is 6.77. The van der Waals surface area contributed by atoms with Crippen LogP contribution < -0.4 is 5.32 Å². The van der Waals surface area contributed by atoms with E-state index in [4.69, 9.17) is 0 Å². The van der Waals surface area contributed by atoms with Gasteiger partial charge in [0.05, 0.1) is 6.54 Å². The molecule has 1 atom stereocenters. The van der Waals surface area contributed by atoms with Gasteiger partial charge in [0.1, 0.15) is 0 Å². The van der Waals surface area contributed by atoms with E-state index in [-0.39, 0.29) is 5.91 Å². The Bertz CT molecular complexity index is 491. The average Bonchev–Trinajstić information content (AvgIpc) is 2.63. The molecule has 0 saturated carbocycles. The Morgan fingerprint density at radius 1 is 1.12 bits per heavy atom. The van der Waals surface area contributed by atoms with Crippen LogP contribution in [0.3, 0.4) is 0 Å². The summed E-state index contributed by atoms with van der Waals surface area (Å²) < 4.78 is 0. The molecule has 0 aromatic heterocycles. The molecule has 0 bridgehead atoms. The third kappa shape index (κ3) is 7.57. The highest BCUT2D eigenvalue weighted by molar-refractivity contribution is 5.78. The normalized spacial score (nSPS) is 16.4. The molecule has 1 aliphatic heterocycles. The first kappa shape index (κ1) is 19.9. The number of likely N-dealkylation sites (N-methyl/N-ethyl adjacent to an activating group) is 1. The molecule has 2 rings (SSSR count). The summed E-state index contributed by atoms with van der Waals surface area (Å²) in [5.41, 5.74) is 1.42. The lowest BCUT2D eigenvalue weighted by Crippen LogP contribution is -2.48. The Morgan fingerprint density at radius 2 is 1.84 bits per heavy atom. The number of hydrogen-bond acceptors (Lipinski definition) is 3. The average molecular weight is 346 g/mol. The van der Waals surface area contributed by atoms with Gasteiger partial charge in [-0.1, -0.05) is 49.6 Å². The van der Waals surface area contributed by atoms with Crippen molar-refractivity contribution in [3.8, 4) is 0 Å². The monoisotopic (exact) mass is 345 g/mol. The number of benzene rings is 1. The number of nitrogens with one attached hydrogen (secondary N) is 1. The standard InChI is InChI=1S/C21H35N3O/c1-19(17-20-11-7-6-8-12-20)23(2)14-9-4-3-5-10-15-24-16-13-22-18-21(24)25/h6-8,11-12,19,22H,3-5,9-10,13-18H2,1-2H3/t19-/m0/s1. The van der Waals surface area contributed by atoms with Crippen molar-refractivity contribution in [3.63, 3.8) is 0 Å². The molecule has 1 heterocycles. The van der Waals surface area contributed by atoms with Gasteiger partial charge in [0, 0.05) is 25.7 Å². The van der Waals surface area contributed by atoms with Crippen molar-refractivity contribution >= 4 is 5.91 Å². The van der Waals surface area contributed by atoms with E-state index in [9.17, 15) is 4.79 Å². The van der Waals surface area contributed by atoms with Gasteiger partial charge in [0.2, 0.25) is 5.91 Å². The number of nitrogens with zero attached hydrogens (tertiary/aromatic N) is 2. The van der Waals surface area contributed by atoms with E-state index in [0.717, 1.165) is 32.5 Å².